The molecule has 0 saturated heterocycles. The first-order valence-electron chi connectivity index (χ1n) is 8.65. The summed E-state index contributed by atoms with van der Waals surface area (Å²) in [6.45, 7) is 2.68. The molecule has 7 nitrogen and oxygen atoms in total. The molecule has 0 spiro atoms. The molecular formula is C16H23N5O2S3. The van der Waals surface area contributed by atoms with Gasteiger partial charge >= 0.3 is 0 Å². The third-order valence-electron chi connectivity index (χ3n) is 3.91. The van der Waals surface area contributed by atoms with Crippen LogP contribution in [-0.2, 0) is 9.59 Å². The minimum Gasteiger partial charge on any atom is -0.355 e. The van der Waals surface area contributed by atoms with Crippen LogP contribution in [0.3, 0.4) is 0 Å². The van der Waals surface area contributed by atoms with Crippen molar-refractivity contribution in [2.24, 2.45) is 0 Å². The minimum atomic E-state index is -0.704. The zero-order chi connectivity index (χ0) is 18.8. The Morgan fingerprint density at radius 3 is 2.35 bits per heavy atom. The van der Waals surface area contributed by atoms with Gasteiger partial charge in [0.05, 0.1) is 17.6 Å². The third-order valence-corrected chi connectivity index (χ3v) is 7.10. The molecule has 26 heavy (non-hydrogen) atoms. The first kappa shape index (κ1) is 21.0. The molecule has 1 aliphatic carbocycles. The molecule has 2 amide bonds. The standard InChI is InChI=1S/C16H23N5O2S3/c1-2-8-18-12(22)9-24-14-20-21-15(26-14)25-10-13(23)19-16(11-17)6-4-3-5-7-16/h2-10H2,1H3,(H,18,22)(H,19,23). The SMILES string of the molecule is CCCNC(=O)CSc1nnc(SCC(=O)NC2(C#N)CCCCC2)s1. The number of hydrogen-bond acceptors (Lipinski definition) is 8. The van der Waals surface area contributed by atoms with Gasteiger partial charge in [0.15, 0.2) is 8.68 Å². The molecule has 0 bridgehead atoms. The maximum Gasteiger partial charge on any atom is 0.231 e. The maximum atomic E-state index is 12.2. The van der Waals surface area contributed by atoms with Crippen molar-refractivity contribution in [2.45, 2.75) is 59.7 Å². The number of rotatable bonds is 9. The fraction of sp³-hybridized carbons (Fsp3) is 0.688. The van der Waals surface area contributed by atoms with Crippen LogP contribution in [0.4, 0.5) is 0 Å². The highest BCUT2D eigenvalue weighted by Gasteiger charge is 2.33. The highest BCUT2D eigenvalue weighted by Crippen LogP contribution is 2.30. The summed E-state index contributed by atoms with van der Waals surface area (Å²) in [6.07, 6.45) is 5.42. The summed E-state index contributed by atoms with van der Waals surface area (Å²) in [5.41, 5.74) is -0.704. The van der Waals surface area contributed by atoms with Gasteiger partial charge < -0.3 is 10.6 Å². The van der Waals surface area contributed by atoms with E-state index in [0.29, 0.717) is 21.0 Å². The number of nitrogens with one attached hydrogen (secondary N) is 2. The lowest BCUT2D eigenvalue weighted by Crippen LogP contribution is -2.49. The molecule has 0 atom stereocenters. The predicted molar refractivity (Wildman–Crippen MR) is 104 cm³/mol. The summed E-state index contributed by atoms with van der Waals surface area (Å²) >= 11 is 4.02. The van der Waals surface area contributed by atoms with E-state index in [2.05, 4.69) is 26.9 Å². The van der Waals surface area contributed by atoms with Gasteiger partial charge in [-0.3, -0.25) is 9.59 Å². The van der Waals surface area contributed by atoms with E-state index < -0.39 is 5.54 Å². The average Bonchev–Trinajstić information content (AvgIpc) is 3.11. The van der Waals surface area contributed by atoms with Crippen molar-refractivity contribution < 1.29 is 9.59 Å². The van der Waals surface area contributed by atoms with Gasteiger partial charge in [-0.1, -0.05) is 61.0 Å². The highest BCUT2D eigenvalue weighted by molar-refractivity contribution is 8.03. The predicted octanol–water partition coefficient (Wildman–Crippen LogP) is 2.59. The van der Waals surface area contributed by atoms with Crippen LogP contribution in [0.15, 0.2) is 8.68 Å². The lowest BCUT2D eigenvalue weighted by atomic mass is 9.83. The Kier molecular flexibility index (Phi) is 8.68. The molecule has 1 aliphatic rings. The van der Waals surface area contributed by atoms with E-state index in [1.54, 1.807) is 0 Å². The van der Waals surface area contributed by atoms with E-state index in [1.807, 2.05) is 6.92 Å². The zero-order valence-electron chi connectivity index (χ0n) is 14.7. The van der Waals surface area contributed by atoms with E-state index >= 15 is 0 Å². The van der Waals surface area contributed by atoms with Crippen molar-refractivity contribution in [2.75, 3.05) is 18.1 Å². The van der Waals surface area contributed by atoms with Crippen LogP contribution in [0, 0.1) is 11.3 Å². The van der Waals surface area contributed by atoms with Gasteiger partial charge in [0.2, 0.25) is 11.8 Å². The largest absolute Gasteiger partial charge is 0.355 e. The molecule has 0 aromatic carbocycles. The summed E-state index contributed by atoms with van der Waals surface area (Å²) < 4.78 is 1.40. The molecule has 1 saturated carbocycles. The molecular weight excluding hydrogens is 390 g/mol. The topological polar surface area (TPSA) is 108 Å². The number of thioether (sulfide) groups is 2. The van der Waals surface area contributed by atoms with Crippen molar-refractivity contribution in [3.8, 4) is 6.07 Å². The number of hydrogen-bond donors (Lipinski definition) is 2. The molecule has 2 rings (SSSR count). The molecule has 2 N–H and O–H groups in total. The van der Waals surface area contributed by atoms with Gasteiger partial charge in [-0.25, -0.2) is 0 Å². The summed E-state index contributed by atoms with van der Waals surface area (Å²) in [5, 5.41) is 23.2. The lowest BCUT2D eigenvalue weighted by Gasteiger charge is -2.31. The Bertz CT molecular complexity index is 653. The second kappa shape index (κ2) is 10.7. The molecule has 1 aromatic rings. The molecule has 1 heterocycles. The van der Waals surface area contributed by atoms with Gasteiger partial charge in [0.25, 0.3) is 0 Å². The Morgan fingerprint density at radius 2 is 1.77 bits per heavy atom. The van der Waals surface area contributed by atoms with Gasteiger partial charge in [-0.15, -0.1) is 10.2 Å². The Hall–Kier alpha value is -1.31. The third kappa shape index (κ3) is 6.78. The van der Waals surface area contributed by atoms with Crippen LogP contribution in [0.25, 0.3) is 0 Å². The van der Waals surface area contributed by atoms with Crippen LogP contribution in [0.2, 0.25) is 0 Å². The van der Waals surface area contributed by atoms with Gasteiger partial charge in [0, 0.05) is 6.54 Å². The van der Waals surface area contributed by atoms with Crippen molar-refractivity contribution in [3.63, 3.8) is 0 Å². The van der Waals surface area contributed by atoms with Crippen LogP contribution in [-0.4, -0.2) is 45.6 Å². The van der Waals surface area contributed by atoms with Crippen molar-refractivity contribution in [1.29, 1.82) is 5.26 Å². The number of nitrogens with zero attached hydrogens (tertiary/aromatic N) is 3. The monoisotopic (exact) mass is 413 g/mol. The number of amides is 2. The highest BCUT2D eigenvalue weighted by atomic mass is 32.2. The Labute approximate surface area is 166 Å². The van der Waals surface area contributed by atoms with Crippen molar-refractivity contribution >= 4 is 46.7 Å². The van der Waals surface area contributed by atoms with Crippen molar-refractivity contribution in [1.82, 2.24) is 20.8 Å². The molecule has 0 radical (unpaired) electrons. The number of carbonyl (C=O) groups excluding carboxylic acids is 2. The van der Waals surface area contributed by atoms with E-state index in [0.717, 1.165) is 38.5 Å². The van der Waals surface area contributed by atoms with Crippen molar-refractivity contribution in [3.05, 3.63) is 0 Å². The molecule has 142 valence electrons. The molecule has 0 aliphatic heterocycles. The van der Waals surface area contributed by atoms with E-state index in [4.69, 9.17) is 0 Å². The minimum absolute atomic E-state index is 0.0186. The van der Waals surface area contributed by atoms with E-state index in [1.165, 1.54) is 34.9 Å². The first-order valence-corrected chi connectivity index (χ1v) is 11.4. The van der Waals surface area contributed by atoms with Gasteiger partial charge in [0.1, 0.15) is 5.54 Å². The first-order chi connectivity index (χ1) is 12.6. The van der Waals surface area contributed by atoms with Gasteiger partial charge in [-0.05, 0) is 19.3 Å². The number of nitriles is 1. The summed E-state index contributed by atoms with van der Waals surface area (Å²) in [6, 6.07) is 2.28. The van der Waals surface area contributed by atoms with Crippen LogP contribution < -0.4 is 10.6 Å². The van der Waals surface area contributed by atoms with Crippen LogP contribution in [0.1, 0.15) is 45.4 Å². The lowest BCUT2D eigenvalue weighted by molar-refractivity contribution is -0.120. The quantitative estimate of drug-likeness (QED) is 0.599. The maximum absolute atomic E-state index is 12.2. The second-order valence-corrected chi connectivity index (χ2v) is 9.49. The average molecular weight is 414 g/mol. The fourth-order valence-corrected chi connectivity index (χ4v) is 5.26. The van der Waals surface area contributed by atoms with Crippen LogP contribution in [0.5, 0.6) is 0 Å². The normalized spacial score (nSPS) is 15.8. The smallest absolute Gasteiger partial charge is 0.231 e. The summed E-state index contributed by atoms with van der Waals surface area (Å²) in [5.74, 6) is 0.348. The summed E-state index contributed by atoms with van der Waals surface area (Å²) in [7, 11) is 0. The Morgan fingerprint density at radius 1 is 1.15 bits per heavy atom. The van der Waals surface area contributed by atoms with Gasteiger partial charge in [-0.2, -0.15) is 5.26 Å². The molecule has 0 unspecified atom stereocenters. The number of aromatic nitrogens is 2. The zero-order valence-corrected chi connectivity index (χ0v) is 17.2. The van der Waals surface area contributed by atoms with E-state index in [-0.39, 0.29) is 17.6 Å². The molecule has 10 heteroatoms. The molecule has 1 aromatic heterocycles. The fourth-order valence-electron chi connectivity index (χ4n) is 2.61. The second-order valence-electron chi connectivity index (χ2n) is 6.06. The van der Waals surface area contributed by atoms with Crippen LogP contribution >= 0.6 is 34.9 Å². The Balaban J connectivity index is 1.74. The summed E-state index contributed by atoms with van der Waals surface area (Å²) in [4.78, 5) is 23.8. The molecule has 1 fully saturated rings. The van der Waals surface area contributed by atoms with E-state index in [9.17, 15) is 14.9 Å². The number of carbonyl (C=O) groups is 2.